The summed E-state index contributed by atoms with van der Waals surface area (Å²) in [7, 11) is 0. The predicted octanol–water partition coefficient (Wildman–Crippen LogP) is 39.2. The highest BCUT2D eigenvalue weighted by molar-refractivity contribution is 5.94. The van der Waals surface area contributed by atoms with Crippen LogP contribution in [0.5, 0.6) is 0 Å². The molecule has 0 saturated heterocycles. The molecule has 0 nitrogen and oxygen atoms in total. The van der Waals surface area contributed by atoms with E-state index in [1.54, 1.807) is 6.08 Å². The first-order valence-electron chi connectivity index (χ1n) is 48.1. The second-order valence-electron chi connectivity index (χ2n) is 34.4. The molecular formula is C140H124. The van der Waals surface area contributed by atoms with Gasteiger partial charge in [-0.3, -0.25) is 0 Å². The molecule has 0 atom stereocenters. The second-order valence-corrected chi connectivity index (χ2v) is 34.4. The molecule has 20 rings (SSSR count). The van der Waals surface area contributed by atoms with E-state index < -0.39 is 0 Å². The Morgan fingerprint density at radius 2 is 0.336 bits per heavy atom. The average Bonchev–Trinajstić information content (AvgIpc) is 0.826. The van der Waals surface area contributed by atoms with Gasteiger partial charge < -0.3 is 0 Å². The van der Waals surface area contributed by atoms with Crippen LogP contribution in [-0.2, 0) is 0 Å². The molecular weight excluding hydrogens is 1680 g/mol. The van der Waals surface area contributed by atoms with Gasteiger partial charge in [0.15, 0.2) is 0 Å². The summed E-state index contributed by atoms with van der Waals surface area (Å²) in [6.45, 7) is 20.3. The van der Waals surface area contributed by atoms with Crippen molar-refractivity contribution in [2.75, 3.05) is 0 Å². The monoisotopic (exact) mass is 1800 g/mol. The highest BCUT2D eigenvalue weighted by Crippen LogP contribution is 2.35. The number of benzene rings is 20. The second kappa shape index (κ2) is 55.0. The Kier molecular flexibility index (Phi) is 39.4. The van der Waals surface area contributed by atoms with E-state index in [-0.39, 0.29) is 0 Å². The molecule has 0 amide bonds. The summed E-state index contributed by atoms with van der Waals surface area (Å²) in [5, 5.41) is 2.62. The van der Waals surface area contributed by atoms with Crippen LogP contribution in [0.25, 0.3) is 124 Å². The highest BCUT2D eigenvalue weighted by atomic mass is 14.2. The lowest BCUT2D eigenvalue weighted by atomic mass is 9.94. The van der Waals surface area contributed by atoms with Crippen molar-refractivity contribution >= 4 is 57.4 Å². The molecule has 0 aliphatic rings. The summed E-state index contributed by atoms with van der Waals surface area (Å²) in [5.74, 6) is 0. The Morgan fingerprint density at radius 1 is 0.179 bits per heavy atom. The third-order valence-corrected chi connectivity index (χ3v) is 23.6. The summed E-state index contributed by atoms with van der Waals surface area (Å²) in [5.41, 5.74) is 38.2. The van der Waals surface area contributed by atoms with E-state index in [2.05, 4.69) is 546 Å². The van der Waals surface area contributed by atoms with Crippen LogP contribution < -0.4 is 0 Å². The minimum atomic E-state index is 1.18. The van der Waals surface area contributed by atoms with Gasteiger partial charge in [0.2, 0.25) is 0 Å². The van der Waals surface area contributed by atoms with Crippen molar-refractivity contribution in [3.8, 4) is 66.8 Å². The molecule has 20 aromatic rings. The Bertz CT molecular complexity index is 6600. The zero-order valence-corrected chi connectivity index (χ0v) is 81.8. The Balaban J connectivity index is 0.000000163. The Morgan fingerprint density at radius 3 is 0.500 bits per heavy atom. The van der Waals surface area contributed by atoms with Crippen molar-refractivity contribution in [2.24, 2.45) is 0 Å². The van der Waals surface area contributed by atoms with Crippen LogP contribution >= 0.6 is 0 Å². The molecule has 0 N–H and O–H groups in total. The van der Waals surface area contributed by atoms with Gasteiger partial charge >= 0.3 is 0 Å². The molecule has 0 spiro atoms. The van der Waals surface area contributed by atoms with Crippen LogP contribution in [0.15, 0.2) is 582 Å². The molecule has 140 heavy (non-hydrogen) atoms. The molecule has 0 aliphatic heterocycles. The van der Waals surface area contributed by atoms with Crippen LogP contribution in [0.3, 0.4) is 0 Å². The largest absolute Gasteiger partial charge is 0.0991 e. The Hall–Kier alpha value is -17.2. The van der Waals surface area contributed by atoms with Gasteiger partial charge in [-0.25, -0.2) is 0 Å². The van der Waals surface area contributed by atoms with Crippen molar-refractivity contribution in [1.82, 2.24) is 0 Å². The number of hydrogen-bond donors (Lipinski definition) is 0. The lowest BCUT2D eigenvalue weighted by molar-refractivity contribution is 1.48. The normalized spacial score (nSPS) is 10.7. The van der Waals surface area contributed by atoms with Crippen LogP contribution in [0.4, 0.5) is 0 Å². The SMILES string of the molecule is C(=C(c1ccccc1)c1ccccc1)c1ccc(-c2ccc(-c3ccc(-c4ccc(C=C(c5ccccc5)c5ccccc5)cc4)cc3)cc2)cc1.C=CC=C(C)C=CC.CC(=Cc1ccc(-c2ccc(-c3ccc(-c4ccc(C=C(C)c5ccccc5)cc4)cc3)cc2)cc1)c1ccccc1.Cc1ccccc1.Cc1ccccc1.Cc1ccccc1.Cc1ccccc1.c1ccc2ccccc2c1. The van der Waals surface area contributed by atoms with E-state index in [0.717, 1.165) is 0 Å². The van der Waals surface area contributed by atoms with Crippen molar-refractivity contribution < 1.29 is 0 Å². The first-order chi connectivity index (χ1) is 68.7. The molecule has 0 heterocycles. The van der Waals surface area contributed by atoms with Gasteiger partial charge in [0.05, 0.1) is 0 Å². The zero-order valence-electron chi connectivity index (χ0n) is 81.8. The van der Waals surface area contributed by atoms with Crippen LogP contribution in [0.1, 0.15) is 106 Å². The molecule has 0 saturated carbocycles. The van der Waals surface area contributed by atoms with E-state index in [4.69, 9.17) is 0 Å². The van der Waals surface area contributed by atoms with Gasteiger partial charge in [0.25, 0.3) is 0 Å². The van der Waals surface area contributed by atoms with Gasteiger partial charge in [-0.05, 0) is 223 Å². The fourth-order valence-corrected chi connectivity index (χ4v) is 15.8. The molecule has 684 valence electrons. The molecule has 20 aromatic carbocycles. The van der Waals surface area contributed by atoms with Crippen LogP contribution in [-0.4, -0.2) is 0 Å². The highest BCUT2D eigenvalue weighted by Gasteiger charge is 2.11. The number of allylic oxidation sites excluding steroid dienone is 7. The molecule has 0 unspecified atom stereocenters. The standard InChI is InChI=1S/C52H38.C42H34.C10H8.C8H12.4C7H8/c1-5-13-47(14-6-1)51(48-15-7-2-8-16-48)37-39-21-25-41(26-22-39)43-29-33-45(34-30-43)46-35-31-44(32-36-46)42-27-23-40(24-28-42)38-52(49-17-9-3-10-18-49)50-19-11-4-12-20-50;1-31(35-9-5-3-6-10-35)29-33-13-17-37(18-14-33)39-21-25-41(26-22-39)42-27-23-40(24-28-42)38-19-15-34(16-20-38)30-32(2)36-11-7-4-8-12-36;1-2-6-10-8-4-3-7-9(10)5-1;1-4-6-8(3)7-5-2;4*1-7-5-3-2-4-6-7/h1-38H;3-30H,1-2H3;1-8H;4-7H,1H2,2-3H3;4*2-6H,1H3. The van der Waals surface area contributed by atoms with Crippen LogP contribution in [0, 0.1) is 27.7 Å². The van der Waals surface area contributed by atoms with Crippen molar-refractivity contribution in [1.29, 1.82) is 0 Å². The van der Waals surface area contributed by atoms with E-state index in [0.29, 0.717) is 0 Å². The maximum absolute atomic E-state index is 3.57. The molecule has 0 bridgehead atoms. The summed E-state index contributed by atoms with van der Waals surface area (Å²) in [6.07, 6.45) is 16.8. The first-order valence-corrected chi connectivity index (χ1v) is 48.1. The van der Waals surface area contributed by atoms with Crippen LogP contribution in [0.2, 0.25) is 0 Å². The van der Waals surface area contributed by atoms with Gasteiger partial charge in [-0.15, -0.1) is 0 Å². The number of hydrogen-bond acceptors (Lipinski definition) is 0. The summed E-state index contributed by atoms with van der Waals surface area (Å²) in [4.78, 5) is 0. The minimum absolute atomic E-state index is 1.18. The van der Waals surface area contributed by atoms with Crippen molar-refractivity contribution in [2.45, 2.75) is 55.4 Å². The molecule has 0 aliphatic carbocycles. The molecule has 0 fully saturated rings. The van der Waals surface area contributed by atoms with Gasteiger partial charge in [-0.1, -0.05) is 617 Å². The Labute approximate surface area is 833 Å². The van der Waals surface area contributed by atoms with E-state index in [1.165, 1.54) is 183 Å². The lowest BCUT2D eigenvalue weighted by Gasteiger charge is -2.10. The maximum Gasteiger partial charge on any atom is -0.0105 e. The predicted molar refractivity (Wildman–Crippen MR) is 613 cm³/mol. The molecule has 0 aromatic heterocycles. The summed E-state index contributed by atoms with van der Waals surface area (Å²) >= 11 is 0. The smallest absolute Gasteiger partial charge is 0.0105 e. The third-order valence-electron chi connectivity index (χ3n) is 23.6. The third kappa shape index (κ3) is 32.6. The van der Waals surface area contributed by atoms with Gasteiger partial charge in [0, 0.05) is 0 Å². The topological polar surface area (TPSA) is 0 Å². The summed E-state index contributed by atoms with van der Waals surface area (Å²) < 4.78 is 0. The number of aryl methyl sites for hydroxylation is 4. The van der Waals surface area contributed by atoms with E-state index in [1.807, 2.05) is 105 Å². The maximum atomic E-state index is 3.57. The van der Waals surface area contributed by atoms with Crippen molar-refractivity contribution in [3.05, 3.63) is 660 Å². The fourth-order valence-electron chi connectivity index (χ4n) is 15.8. The van der Waals surface area contributed by atoms with Gasteiger partial charge in [0.1, 0.15) is 0 Å². The first kappa shape index (κ1) is 100. The summed E-state index contributed by atoms with van der Waals surface area (Å²) in [6, 6.07) is 192. The molecule has 0 radical (unpaired) electrons. The lowest BCUT2D eigenvalue weighted by Crippen LogP contribution is -1.88. The molecule has 0 heteroatoms. The van der Waals surface area contributed by atoms with Gasteiger partial charge in [-0.2, -0.15) is 0 Å². The van der Waals surface area contributed by atoms with E-state index in [9.17, 15) is 0 Å². The zero-order chi connectivity index (χ0) is 97.3. The van der Waals surface area contributed by atoms with E-state index >= 15 is 0 Å². The quantitative estimate of drug-likeness (QED) is 0.0593. The fraction of sp³-hybridized carbons (Fsp3) is 0.0571. The number of fused-ring (bicyclic) bond motifs is 1. The number of rotatable bonds is 18. The van der Waals surface area contributed by atoms with Crippen molar-refractivity contribution in [3.63, 3.8) is 0 Å². The minimum Gasteiger partial charge on any atom is -0.0991 e. The average molecular weight is 1810 g/mol.